The second-order valence-electron chi connectivity index (χ2n) is 6.17. The Morgan fingerprint density at radius 1 is 1.32 bits per heavy atom. The smallest absolute Gasteiger partial charge is 0.262 e. The van der Waals surface area contributed by atoms with Crippen LogP contribution in [0, 0.1) is 13.8 Å². The molecule has 2 heterocycles. The molecule has 1 aromatic carbocycles. The van der Waals surface area contributed by atoms with Gasteiger partial charge in [-0.15, -0.1) is 0 Å². The molecule has 0 fully saturated rings. The van der Waals surface area contributed by atoms with Crippen LogP contribution in [0.15, 0.2) is 23.1 Å². The summed E-state index contributed by atoms with van der Waals surface area (Å²) in [5.41, 5.74) is 3.69. The summed E-state index contributed by atoms with van der Waals surface area (Å²) in [4.78, 5) is 14.9. The van der Waals surface area contributed by atoms with E-state index in [9.17, 15) is 13.2 Å². The maximum Gasteiger partial charge on any atom is 0.262 e. The first kappa shape index (κ1) is 17.6. The van der Waals surface area contributed by atoms with Crippen molar-refractivity contribution in [1.82, 2.24) is 14.5 Å². The van der Waals surface area contributed by atoms with Gasteiger partial charge in [-0.3, -0.25) is 9.48 Å². The van der Waals surface area contributed by atoms with Gasteiger partial charge in [0.25, 0.3) is 5.91 Å². The number of hydrogen-bond donors (Lipinski definition) is 1. The topological polar surface area (TPSA) is 84.3 Å². The molecule has 25 heavy (non-hydrogen) atoms. The van der Waals surface area contributed by atoms with E-state index in [1.165, 1.54) is 0 Å². The number of fused-ring (bicyclic) bond motifs is 1. The number of carbonyl (C=O) groups is 1. The normalized spacial score (nSPS) is 14.0. The van der Waals surface area contributed by atoms with Crippen LogP contribution < -0.4 is 9.62 Å². The second kappa shape index (κ2) is 6.27. The highest BCUT2D eigenvalue weighted by Gasteiger charge is 2.30. The van der Waals surface area contributed by atoms with E-state index in [0.717, 1.165) is 11.3 Å². The van der Waals surface area contributed by atoms with Crippen LogP contribution in [0.4, 0.5) is 5.69 Å². The quantitative estimate of drug-likeness (QED) is 0.894. The molecular weight excluding hydrogens is 340 g/mol. The maximum atomic E-state index is 13.1. The van der Waals surface area contributed by atoms with Gasteiger partial charge in [0.15, 0.2) is 0 Å². The van der Waals surface area contributed by atoms with E-state index in [-0.39, 0.29) is 10.8 Å². The highest BCUT2D eigenvalue weighted by Crippen LogP contribution is 2.32. The molecule has 0 spiro atoms. The van der Waals surface area contributed by atoms with Crippen LogP contribution in [0.3, 0.4) is 0 Å². The number of anilines is 1. The van der Waals surface area contributed by atoms with Crippen molar-refractivity contribution in [2.24, 2.45) is 7.05 Å². The Kier molecular flexibility index (Phi) is 4.42. The largest absolute Gasteiger partial charge is 0.308 e. The van der Waals surface area contributed by atoms with Crippen molar-refractivity contribution in [2.45, 2.75) is 32.1 Å². The number of aryl methyl sites for hydroxylation is 2. The van der Waals surface area contributed by atoms with Crippen molar-refractivity contribution >= 4 is 21.6 Å². The highest BCUT2D eigenvalue weighted by atomic mass is 32.2. The number of sulfonamides is 1. The fraction of sp³-hybridized carbons (Fsp3) is 0.412. The third-order valence-corrected chi connectivity index (χ3v) is 6.11. The average Bonchev–Trinajstić information content (AvgIpc) is 3.07. The Bertz CT molecular complexity index is 947. The Hall–Kier alpha value is -2.19. The van der Waals surface area contributed by atoms with E-state index in [2.05, 4.69) is 9.82 Å². The number of nitrogens with zero attached hydrogens (tertiary/aromatic N) is 3. The summed E-state index contributed by atoms with van der Waals surface area (Å²) in [7, 11) is -1.76. The molecule has 3 rings (SSSR count). The molecule has 1 aliphatic rings. The van der Waals surface area contributed by atoms with Crippen molar-refractivity contribution < 1.29 is 13.2 Å². The molecule has 7 nitrogen and oxygen atoms in total. The minimum Gasteiger partial charge on any atom is -0.308 e. The van der Waals surface area contributed by atoms with Crippen LogP contribution in [-0.4, -0.2) is 37.2 Å². The summed E-state index contributed by atoms with van der Waals surface area (Å²) in [5, 5.41) is 4.30. The van der Waals surface area contributed by atoms with Gasteiger partial charge in [-0.2, -0.15) is 5.10 Å². The first-order valence-corrected chi connectivity index (χ1v) is 9.69. The predicted molar refractivity (Wildman–Crippen MR) is 95.4 cm³/mol. The summed E-state index contributed by atoms with van der Waals surface area (Å²) in [5.74, 6) is -0.139. The first-order chi connectivity index (χ1) is 11.8. The van der Waals surface area contributed by atoms with Crippen molar-refractivity contribution in [2.75, 3.05) is 18.0 Å². The molecule has 0 atom stereocenters. The van der Waals surface area contributed by atoms with Crippen LogP contribution in [0.25, 0.3) is 0 Å². The van der Waals surface area contributed by atoms with Gasteiger partial charge in [0.2, 0.25) is 10.0 Å². The lowest BCUT2D eigenvalue weighted by molar-refractivity contribution is 0.0988. The summed E-state index contributed by atoms with van der Waals surface area (Å²) in [6.07, 6.45) is 0.709. The standard InChI is InChI=1S/C17H22N4O3S/c1-5-18-25(23,24)14-7-6-13-8-9-21(15(13)10-14)17(22)16-11(2)19-20(4)12(16)3/h6-7,10,18H,5,8-9H2,1-4H3. The van der Waals surface area contributed by atoms with Crippen LogP contribution in [0.2, 0.25) is 0 Å². The molecule has 0 aliphatic carbocycles. The van der Waals surface area contributed by atoms with Gasteiger partial charge in [0, 0.05) is 31.5 Å². The van der Waals surface area contributed by atoms with Gasteiger partial charge in [0.1, 0.15) is 0 Å². The molecular formula is C17H22N4O3S. The van der Waals surface area contributed by atoms with E-state index < -0.39 is 10.0 Å². The van der Waals surface area contributed by atoms with Gasteiger partial charge in [-0.1, -0.05) is 13.0 Å². The van der Waals surface area contributed by atoms with Crippen LogP contribution in [0.5, 0.6) is 0 Å². The average molecular weight is 362 g/mol. The molecule has 1 N–H and O–H groups in total. The molecule has 2 aromatic rings. The number of carbonyl (C=O) groups excluding carboxylic acids is 1. The van der Waals surface area contributed by atoms with Gasteiger partial charge < -0.3 is 4.90 Å². The zero-order valence-electron chi connectivity index (χ0n) is 14.8. The molecule has 1 amide bonds. The lowest BCUT2D eigenvalue weighted by Gasteiger charge is -2.18. The zero-order valence-corrected chi connectivity index (χ0v) is 15.6. The summed E-state index contributed by atoms with van der Waals surface area (Å²) in [6, 6.07) is 4.96. The summed E-state index contributed by atoms with van der Waals surface area (Å²) >= 11 is 0. The molecule has 134 valence electrons. The van der Waals surface area contributed by atoms with Crippen molar-refractivity contribution in [3.63, 3.8) is 0 Å². The van der Waals surface area contributed by atoms with Crippen molar-refractivity contribution in [1.29, 1.82) is 0 Å². The number of amides is 1. The SMILES string of the molecule is CCNS(=O)(=O)c1ccc2c(c1)N(C(=O)c1c(C)nn(C)c1C)CC2. The van der Waals surface area contributed by atoms with Crippen molar-refractivity contribution in [3.05, 3.63) is 40.7 Å². The molecule has 1 aromatic heterocycles. The Balaban J connectivity index is 2.02. The van der Waals surface area contributed by atoms with E-state index in [1.807, 2.05) is 13.8 Å². The number of rotatable bonds is 4. The van der Waals surface area contributed by atoms with Gasteiger partial charge >= 0.3 is 0 Å². The minimum absolute atomic E-state index is 0.139. The molecule has 8 heteroatoms. The minimum atomic E-state index is -3.56. The third-order valence-electron chi connectivity index (χ3n) is 4.56. The Morgan fingerprint density at radius 3 is 2.64 bits per heavy atom. The monoisotopic (exact) mass is 362 g/mol. The molecule has 0 radical (unpaired) electrons. The molecule has 0 unspecified atom stereocenters. The number of hydrogen-bond acceptors (Lipinski definition) is 4. The van der Waals surface area contributed by atoms with Gasteiger partial charge in [-0.25, -0.2) is 13.1 Å². The Morgan fingerprint density at radius 2 is 2.04 bits per heavy atom. The van der Waals surface area contributed by atoms with Crippen LogP contribution >= 0.6 is 0 Å². The van der Waals surface area contributed by atoms with Crippen LogP contribution in [0.1, 0.15) is 34.2 Å². The molecule has 1 aliphatic heterocycles. The first-order valence-electron chi connectivity index (χ1n) is 8.21. The van der Waals surface area contributed by atoms with Crippen LogP contribution in [-0.2, 0) is 23.5 Å². The molecule has 0 saturated carbocycles. The lowest BCUT2D eigenvalue weighted by Crippen LogP contribution is -2.30. The summed E-state index contributed by atoms with van der Waals surface area (Å²) < 4.78 is 28.7. The van der Waals surface area contributed by atoms with Crippen molar-refractivity contribution in [3.8, 4) is 0 Å². The number of benzene rings is 1. The second-order valence-corrected chi connectivity index (χ2v) is 7.94. The summed E-state index contributed by atoms with van der Waals surface area (Å²) in [6.45, 7) is 6.25. The molecule has 0 saturated heterocycles. The van der Waals surface area contributed by atoms with Gasteiger partial charge in [-0.05, 0) is 38.0 Å². The predicted octanol–water partition coefficient (Wildman–Crippen LogP) is 1.54. The van der Waals surface area contributed by atoms with E-state index in [1.54, 1.807) is 41.8 Å². The zero-order chi connectivity index (χ0) is 18.4. The lowest BCUT2D eigenvalue weighted by atomic mass is 10.1. The highest BCUT2D eigenvalue weighted by molar-refractivity contribution is 7.89. The molecule has 0 bridgehead atoms. The number of nitrogens with one attached hydrogen (secondary N) is 1. The van der Waals surface area contributed by atoms with Gasteiger partial charge in [0.05, 0.1) is 16.2 Å². The van der Waals surface area contributed by atoms with E-state index >= 15 is 0 Å². The maximum absolute atomic E-state index is 13.1. The number of aromatic nitrogens is 2. The fourth-order valence-corrected chi connectivity index (χ4v) is 4.29. The van der Waals surface area contributed by atoms with E-state index in [0.29, 0.717) is 36.5 Å². The Labute approximate surface area is 147 Å². The third kappa shape index (κ3) is 2.96. The fourth-order valence-electron chi connectivity index (χ4n) is 3.23. The van der Waals surface area contributed by atoms with E-state index in [4.69, 9.17) is 0 Å².